The lowest BCUT2D eigenvalue weighted by atomic mass is 9.95. The Kier molecular flexibility index (Phi) is 2.83. The van der Waals surface area contributed by atoms with Crippen LogP contribution in [0.5, 0.6) is 0 Å². The van der Waals surface area contributed by atoms with Crippen LogP contribution in [0.25, 0.3) is 0 Å². The van der Waals surface area contributed by atoms with Crippen molar-refractivity contribution in [3.63, 3.8) is 0 Å². The van der Waals surface area contributed by atoms with Crippen LogP contribution in [0.1, 0.15) is 27.2 Å². The second-order valence-electron chi connectivity index (χ2n) is 4.90. The van der Waals surface area contributed by atoms with Crippen molar-refractivity contribution in [3.05, 3.63) is 0 Å². The molecule has 1 rings (SSSR count). The maximum absolute atomic E-state index is 11.6. The van der Waals surface area contributed by atoms with Crippen LogP contribution in [0.4, 0.5) is 0 Å². The largest absolute Gasteiger partial charge is 0.351 e. The fourth-order valence-corrected chi connectivity index (χ4v) is 1.36. The number of nitrogens with one attached hydrogen (secondary N) is 1. The number of carbonyl (C=O) groups is 2. The Morgan fingerprint density at radius 1 is 1.50 bits per heavy atom. The summed E-state index contributed by atoms with van der Waals surface area (Å²) in [4.78, 5) is 24.4. The predicted molar refractivity (Wildman–Crippen MR) is 53.6 cm³/mol. The Balaban J connectivity index is 2.48. The van der Waals surface area contributed by atoms with Crippen LogP contribution >= 0.6 is 0 Å². The maximum Gasteiger partial charge on any atom is 0.225 e. The zero-order valence-corrected chi connectivity index (χ0v) is 9.26. The van der Waals surface area contributed by atoms with Crippen molar-refractivity contribution in [3.8, 4) is 0 Å². The molecular weight excluding hydrogens is 180 g/mol. The molecule has 0 aromatic rings. The van der Waals surface area contributed by atoms with Gasteiger partial charge in [0.05, 0.1) is 6.04 Å². The van der Waals surface area contributed by atoms with E-state index in [0.717, 1.165) is 0 Å². The highest BCUT2D eigenvalue weighted by Gasteiger charge is 2.30. The summed E-state index contributed by atoms with van der Waals surface area (Å²) < 4.78 is 0. The molecule has 0 saturated carbocycles. The third kappa shape index (κ3) is 2.47. The molecule has 0 spiro atoms. The smallest absolute Gasteiger partial charge is 0.225 e. The average molecular weight is 198 g/mol. The zero-order valence-electron chi connectivity index (χ0n) is 9.26. The van der Waals surface area contributed by atoms with E-state index in [4.69, 9.17) is 0 Å². The Hall–Kier alpha value is -1.06. The van der Waals surface area contributed by atoms with Gasteiger partial charge in [-0.15, -0.1) is 0 Å². The van der Waals surface area contributed by atoms with Gasteiger partial charge in [-0.1, -0.05) is 20.8 Å². The lowest BCUT2D eigenvalue weighted by Gasteiger charge is -2.20. The number of hydrogen-bond acceptors (Lipinski definition) is 2. The summed E-state index contributed by atoms with van der Waals surface area (Å²) in [5, 5.41) is 2.88. The Morgan fingerprint density at radius 3 is 2.43 bits per heavy atom. The van der Waals surface area contributed by atoms with Gasteiger partial charge in [0.2, 0.25) is 11.8 Å². The van der Waals surface area contributed by atoms with Gasteiger partial charge in [-0.2, -0.15) is 0 Å². The lowest BCUT2D eigenvalue weighted by molar-refractivity contribution is -0.129. The molecule has 1 saturated heterocycles. The molecule has 14 heavy (non-hydrogen) atoms. The van der Waals surface area contributed by atoms with E-state index in [-0.39, 0.29) is 23.3 Å². The fourth-order valence-electron chi connectivity index (χ4n) is 1.36. The monoisotopic (exact) mass is 198 g/mol. The first-order valence-corrected chi connectivity index (χ1v) is 4.85. The zero-order chi connectivity index (χ0) is 10.9. The summed E-state index contributed by atoms with van der Waals surface area (Å²) in [6.07, 6.45) is 0.429. The molecule has 4 nitrogen and oxygen atoms in total. The van der Waals surface area contributed by atoms with Crippen molar-refractivity contribution in [2.75, 3.05) is 13.6 Å². The van der Waals surface area contributed by atoms with Gasteiger partial charge in [-0.05, 0) is 0 Å². The minimum atomic E-state index is -0.385. The van der Waals surface area contributed by atoms with Crippen LogP contribution in [-0.4, -0.2) is 36.3 Å². The first-order valence-electron chi connectivity index (χ1n) is 4.85. The van der Waals surface area contributed by atoms with E-state index in [9.17, 15) is 9.59 Å². The molecule has 1 N–H and O–H groups in total. The molecular formula is C10H18N2O2. The SMILES string of the molecule is CN1CC(NC(=O)C(C)(C)C)CC1=O. The quantitative estimate of drug-likeness (QED) is 0.662. The van der Waals surface area contributed by atoms with Crippen LogP contribution in [0.2, 0.25) is 0 Å². The molecule has 1 heterocycles. The molecule has 0 aromatic heterocycles. The molecule has 0 bridgehead atoms. The van der Waals surface area contributed by atoms with E-state index in [0.29, 0.717) is 13.0 Å². The number of likely N-dealkylation sites (N-methyl/N-ethyl adjacent to an activating group) is 1. The highest BCUT2D eigenvalue weighted by Crippen LogP contribution is 2.15. The van der Waals surface area contributed by atoms with Crippen molar-refractivity contribution < 1.29 is 9.59 Å². The topological polar surface area (TPSA) is 49.4 Å². The van der Waals surface area contributed by atoms with Crippen LogP contribution < -0.4 is 5.32 Å². The molecule has 1 aliphatic heterocycles. The molecule has 1 atom stereocenters. The van der Waals surface area contributed by atoms with Gasteiger partial charge >= 0.3 is 0 Å². The van der Waals surface area contributed by atoms with Gasteiger partial charge in [0.25, 0.3) is 0 Å². The highest BCUT2D eigenvalue weighted by molar-refractivity contribution is 5.84. The Bertz CT molecular complexity index is 255. The van der Waals surface area contributed by atoms with Gasteiger partial charge in [-0.25, -0.2) is 0 Å². The van der Waals surface area contributed by atoms with E-state index in [1.54, 1.807) is 11.9 Å². The van der Waals surface area contributed by atoms with E-state index in [2.05, 4.69) is 5.32 Å². The maximum atomic E-state index is 11.6. The predicted octanol–water partition coefficient (Wildman–Crippen LogP) is 0.379. The summed E-state index contributed by atoms with van der Waals surface area (Å²) in [5.41, 5.74) is -0.385. The number of hydrogen-bond donors (Lipinski definition) is 1. The standard InChI is InChI=1S/C10H18N2O2/c1-10(2,3)9(14)11-7-5-8(13)12(4)6-7/h7H,5-6H2,1-4H3,(H,11,14). The van der Waals surface area contributed by atoms with Crippen molar-refractivity contribution >= 4 is 11.8 Å². The summed E-state index contributed by atoms with van der Waals surface area (Å²) in [7, 11) is 1.76. The number of rotatable bonds is 1. The summed E-state index contributed by atoms with van der Waals surface area (Å²) in [6, 6.07) is -0.0146. The minimum absolute atomic E-state index is 0.00519. The van der Waals surface area contributed by atoms with Crippen molar-refractivity contribution in [1.82, 2.24) is 10.2 Å². The summed E-state index contributed by atoms with van der Waals surface area (Å²) >= 11 is 0. The molecule has 2 amide bonds. The van der Waals surface area contributed by atoms with Gasteiger partial charge in [0.1, 0.15) is 0 Å². The molecule has 0 radical (unpaired) electrons. The molecule has 0 aromatic carbocycles. The third-order valence-electron chi connectivity index (χ3n) is 2.36. The normalized spacial score (nSPS) is 22.7. The van der Waals surface area contributed by atoms with Crippen molar-refractivity contribution in [2.24, 2.45) is 5.41 Å². The van der Waals surface area contributed by atoms with Crippen LogP contribution in [0.15, 0.2) is 0 Å². The lowest BCUT2D eigenvalue weighted by Crippen LogP contribution is -2.42. The van der Waals surface area contributed by atoms with Crippen LogP contribution in [0.3, 0.4) is 0 Å². The van der Waals surface area contributed by atoms with Crippen LogP contribution in [0, 0.1) is 5.41 Å². The van der Waals surface area contributed by atoms with E-state index in [1.165, 1.54) is 0 Å². The Morgan fingerprint density at radius 2 is 2.07 bits per heavy atom. The number of carbonyl (C=O) groups excluding carboxylic acids is 2. The average Bonchev–Trinajstić information content (AvgIpc) is 2.29. The minimum Gasteiger partial charge on any atom is -0.351 e. The first kappa shape index (κ1) is 11.0. The molecule has 0 aliphatic carbocycles. The van der Waals surface area contributed by atoms with Crippen molar-refractivity contribution in [2.45, 2.75) is 33.2 Å². The number of nitrogens with zero attached hydrogens (tertiary/aromatic N) is 1. The number of amides is 2. The number of likely N-dealkylation sites (tertiary alicyclic amines) is 1. The summed E-state index contributed by atoms with van der Waals surface area (Å²) in [6.45, 7) is 6.22. The Labute approximate surface area is 84.7 Å². The van der Waals surface area contributed by atoms with Crippen molar-refractivity contribution in [1.29, 1.82) is 0 Å². The molecule has 80 valence electrons. The van der Waals surface area contributed by atoms with E-state index >= 15 is 0 Å². The second-order valence-corrected chi connectivity index (χ2v) is 4.90. The summed E-state index contributed by atoms with van der Waals surface area (Å²) in [5.74, 6) is 0.106. The first-order chi connectivity index (χ1) is 6.30. The van der Waals surface area contributed by atoms with E-state index < -0.39 is 0 Å². The van der Waals surface area contributed by atoms with E-state index in [1.807, 2.05) is 20.8 Å². The highest BCUT2D eigenvalue weighted by atomic mass is 16.2. The molecule has 1 aliphatic rings. The van der Waals surface area contributed by atoms with Gasteiger partial charge < -0.3 is 10.2 Å². The molecule has 4 heteroatoms. The second kappa shape index (κ2) is 3.59. The van der Waals surface area contributed by atoms with Gasteiger partial charge in [-0.3, -0.25) is 9.59 Å². The third-order valence-corrected chi connectivity index (χ3v) is 2.36. The molecule has 1 unspecified atom stereocenters. The fraction of sp³-hybridized carbons (Fsp3) is 0.800. The van der Waals surface area contributed by atoms with Crippen LogP contribution in [-0.2, 0) is 9.59 Å². The van der Waals surface area contributed by atoms with Gasteiger partial charge in [0.15, 0.2) is 0 Å². The van der Waals surface area contributed by atoms with Gasteiger partial charge in [0, 0.05) is 25.4 Å². The molecule has 1 fully saturated rings.